The van der Waals surface area contributed by atoms with E-state index in [9.17, 15) is 8.42 Å². The largest absolute Gasteiger partial charge is 0.280 e. The number of nitrogens with zero attached hydrogens (tertiary/aromatic N) is 2. The van der Waals surface area contributed by atoms with Gasteiger partial charge in [-0.05, 0) is 46.3 Å². The van der Waals surface area contributed by atoms with Crippen LogP contribution in [-0.4, -0.2) is 13.4 Å². The van der Waals surface area contributed by atoms with Crippen molar-refractivity contribution in [2.45, 2.75) is 4.90 Å². The molecule has 0 radical (unpaired) electrons. The minimum absolute atomic E-state index is 0.0613. The van der Waals surface area contributed by atoms with Crippen LogP contribution in [0.3, 0.4) is 0 Å². The molecule has 5 nitrogen and oxygen atoms in total. The molecule has 0 atom stereocenters. The van der Waals surface area contributed by atoms with E-state index in [1.165, 1.54) is 42.7 Å². The predicted molar refractivity (Wildman–Crippen MR) is 73.9 cm³/mol. The van der Waals surface area contributed by atoms with Gasteiger partial charge in [-0.25, -0.2) is 8.42 Å². The predicted octanol–water partition coefficient (Wildman–Crippen LogP) is 2.52. The zero-order chi connectivity index (χ0) is 13.9. The summed E-state index contributed by atoms with van der Waals surface area (Å²) < 4.78 is 27.1. The lowest BCUT2D eigenvalue weighted by molar-refractivity contribution is 0.600. The van der Waals surface area contributed by atoms with Crippen molar-refractivity contribution in [2.75, 3.05) is 4.72 Å². The van der Waals surface area contributed by atoms with Crippen molar-refractivity contribution in [1.82, 2.24) is 4.98 Å². The molecule has 1 aromatic heterocycles. The second-order valence-corrected chi connectivity index (χ2v) is 6.23. The van der Waals surface area contributed by atoms with Crippen LogP contribution in [0.25, 0.3) is 0 Å². The van der Waals surface area contributed by atoms with Crippen molar-refractivity contribution >= 4 is 31.6 Å². The van der Waals surface area contributed by atoms with Crippen LogP contribution >= 0.6 is 15.9 Å². The fourth-order valence-electron chi connectivity index (χ4n) is 1.37. The molecule has 1 N–H and O–H groups in total. The summed E-state index contributed by atoms with van der Waals surface area (Å²) in [5.74, 6) is 0. The van der Waals surface area contributed by atoms with Gasteiger partial charge in [0, 0.05) is 22.6 Å². The van der Waals surface area contributed by atoms with E-state index in [4.69, 9.17) is 5.26 Å². The van der Waals surface area contributed by atoms with Gasteiger partial charge in [-0.1, -0.05) is 0 Å². The smallest absolute Gasteiger partial charge is 0.263 e. The maximum atomic E-state index is 12.1. The van der Waals surface area contributed by atoms with E-state index in [1.54, 1.807) is 0 Å². The highest BCUT2D eigenvalue weighted by Crippen LogP contribution is 2.18. The highest BCUT2D eigenvalue weighted by atomic mass is 79.9. The maximum absolute atomic E-state index is 12.1. The lowest BCUT2D eigenvalue weighted by Crippen LogP contribution is -2.13. The number of nitrogens with one attached hydrogen (secondary N) is 1. The molecule has 0 unspecified atom stereocenters. The molecule has 0 aliphatic carbocycles. The van der Waals surface area contributed by atoms with Gasteiger partial charge in [-0.3, -0.25) is 9.71 Å². The molecule has 0 saturated carbocycles. The van der Waals surface area contributed by atoms with Crippen molar-refractivity contribution in [1.29, 1.82) is 5.26 Å². The summed E-state index contributed by atoms with van der Waals surface area (Å²) in [6.45, 7) is 0. The van der Waals surface area contributed by atoms with Crippen LogP contribution in [0.15, 0.2) is 52.1 Å². The first-order valence-electron chi connectivity index (χ1n) is 5.15. The summed E-state index contributed by atoms with van der Waals surface area (Å²) in [4.78, 5) is 3.87. The Balaban J connectivity index is 2.28. The Labute approximate surface area is 119 Å². The van der Waals surface area contributed by atoms with E-state index in [-0.39, 0.29) is 4.90 Å². The number of halogens is 1. The third-order valence-electron chi connectivity index (χ3n) is 2.26. The zero-order valence-electron chi connectivity index (χ0n) is 9.54. The summed E-state index contributed by atoms with van der Waals surface area (Å²) in [6.07, 6.45) is 2.76. The summed E-state index contributed by atoms with van der Waals surface area (Å²) in [5, 5.41) is 8.67. The summed E-state index contributed by atoms with van der Waals surface area (Å²) in [5.41, 5.74) is 0.853. The maximum Gasteiger partial charge on any atom is 0.263 e. The van der Waals surface area contributed by atoms with Gasteiger partial charge in [0.25, 0.3) is 10.0 Å². The van der Waals surface area contributed by atoms with Crippen LogP contribution in [0.5, 0.6) is 0 Å². The highest BCUT2D eigenvalue weighted by Gasteiger charge is 2.14. The molecule has 0 spiro atoms. The molecule has 0 bridgehead atoms. The van der Waals surface area contributed by atoms with E-state index < -0.39 is 10.0 Å². The molecule has 19 heavy (non-hydrogen) atoms. The van der Waals surface area contributed by atoms with Crippen LogP contribution < -0.4 is 4.72 Å². The lowest BCUT2D eigenvalue weighted by atomic mass is 10.2. The van der Waals surface area contributed by atoms with E-state index >= 15 is 0 Å². The monoisotopic (exact) mass is 337 g/mol. The van der Waals surface area contributed by atoms with Crippen molar-refractivity contribution in [2.24, 2.45) is 0 Å². The Morgan fingerprint density at radius 1 is 1.21 bits per heavy atom. The van der Waals surface area contributed by atoms with Gasteiger partial charge in [0.05, 0.1) is 11.6 Å². The number of benzene rings is 1. The van der Waals surface area contributed by atoms with Crippen LogP contribution in [-0.2, 0) is 10.0 Å². The fourth-order valence-corrected chi connectivity index (χ4v) is 2.93. The first-order valence-corrected chi connectivity index (χ1v) is 7.42. The van der Waals surface area contributed by atoms with Gasteiger partial charge in [-0.15, -0.1) is 0 Å². The van der Waals surface area contributed by atoms with Gasteiger partial charge >= 0.3 is 0 Å². The quantitative estimate of drug-likeness (QED) is 0.932. The van der Waals surface area contributed by atoms with Crippen molar-refractivity contribution in [3.63, 3.8) is 0 Å². The zero-order valence-corrected chi connectivity index (χ0v) is 11.9. The number of anilines is 1. The molecule has 2 aromatic rings. The average Bonchev–Trinajstić information content (AvgIpc) is 2.39. The second kappa shape index (κ2) is 5.38. The van der Waals surface area contributed by atoms with Gasteiger partial charge < -0.3 is 0 Å². The van der Waals surface area contributed by atoms with Crippen molar-refractivity contribution in [3.8, 4) is 6.07 Å². The van der Waals surface area contributed by atoms with E-state index in [0.717, 1.165) is 0 Å². The van der Waals surface area contributed by atoms with Gasteiger partial charge in [-0.2, -0.15) is 5.26 Å². The normalized spacial score (nSPS) is 10.7. The molecule has 1 aromatic carbocycles. The van der Waals surface area contributed by atoms with E-state index in [1.807, 2.05) is 6.07 Å². The number of aromatic nitrogens is 1. The number of rotatable bonds is 3. The minimum atomic E-state index is -3.68. The molecule has 0 amide bonds. The first kappa shape index (κ1) is 13.5. The number of hydrogen-bond acceptors (Lipinski definition) is 4. The average molecular weight is 338 g/mol. The Bertz CT molecular complexity index is 736. The summed E-state index contributed by atoms with van der Waals surface area (Å²) in [7, 11) is -3.68. The molecule has 2 rings (SSSR count). The Morgan fingerprint density at radius 2 is 1.89 bits per heavy atom. The molecule has 96 valence electrons. The molecule has 7 heteroatoms. The topological polar surface area (TPSA) is 82.9 Å². The van der Waals surface area contributed by atoms with Gasteiger partial charge in [0.2, 0.25) is 0 Å². The number of hydrogen-bond donors (Lipinski definition) is 1. The standard InChI is InChI=1S/C12H8BrN3O2S/c13-10-5-12(8-15-7-10)19(17,18)16-11-3-1-9(6-14)2-4-11/h1-5,7-8,16H. The fraction of sp³-hybridized carbons (Fsp3) is 0. The number of sulfonamides is 1. The molecule has 0 aliphatic heterocycles. The molecular weight excluding hydrogens is 330 g/mol. The van der Waals surface area contributed by atoms with Crippen LogP contribution in [0, 0.1) is 11.3 Å². The molecule has 0 saturated heterocycles. The molecule has 0 aliphatic rings. The Kier molecular flexibility index (Phi) is 3.83. The second-order valence-electron chi connectivity index (χ2n) is 3.63. The van der Waals surface area contributed by atoms with Gasteiger partial charge in [0.15, 0.2) is 0 Å². The SMILES string of the molecule is N#Cc1ccc(NS(=O)(=O)c2cncc(Br)c2)cc1. The molecule has 0 fully saturated rings. The summed E-state index contributed by atoms with van der Waals surface area (Å²) in [6, 6.07) is 9.56. The molecular formula is C12H8BrN3O2S. The highest BCUT2D eigenvalue weighted by molar-refractivity contribution is 9.10. The van der Waals surface area contributed by atoms with E-state index in [2.05, 4.69) is 25.6 Å². The Hall–Kier alpha value is -1.91. The third kappa shape index (κ3) is 3.30. The van der Waals surface area contributed by atoms with Crippen LogP contribution in [0.1, 0.15) is 5.56 Å². The van der Waals surface area contributed by atoms with Crippen molar-refractivity contribution < 1.29 is 8.42 Å². The van der Waals surface area contributed by atoms with Crippen molar-refractivity contribution in [3.05, 3.63) is 52.8 Å². The third-order valence-corrected chi connectivity index (χ3v) is 4.04. The number of nitriles is 1. The van der Waals surface area contributed by atoms with Gasteiger partial charge in [0.1, 0.15) is 4.90 Å². The minimum Gasteiger partial charge on any atom is -0.280 e. The lowest BCUT2D eigenvalue weighted by Gasteiger charge is -2.07. The number of pyridine rings is 1. The van der Waals surface area contributed by atoms with Crippen LogP contribution in [0.4, 0.5) is 5.69 Å². The Morgan fingerprint density at radius 3 is 2.47 bits per heavy atom. The summed E-state index contributed by atoms with van der Waals surface area (Å²) >= 11 is 3.17. The molecule has 1 heterocycles. The van der Waals surface area contributed by atoms with Crippen LogP contribution in [0.2, 0.25) is 0 Å². The first-order chi connectivity index (χ1) is 9.01. The van der Waals surface area contributed by atoms with E-state index in [0.29, 0.717) is 15.7 Å².